The fourth-order valence-corrected chi connectivity index (χ4v) is 4.06. The highest BCUT2D eigenvalue weighted by Gasteiger charge is 2.70. The van der Waals surface area contributed by atoms with E-state index in [2.05, 4.69) is 0 Å². The fraction of sp³-hybridized carbons (Fsp3) is 0.353. The first kappa shape index (κ1) is 14.1. The zero-order valence-corrected chi connectivity index (χ0v) is 12.6. The highest BCUT2D eigenvalue weighted by atomic mass is 16.5. The van der Waals surface area contributed by atoms with E-state index in [9.17, 15) is 19.5 Å². The Bertz CT molecular complexity index is 764. The standard InChI is InChI=1S/C17H15NO5/c1-16-6-7-17(2,23-16)12-11(16)13(19)18(14(12)20)10-5-3-4-9(8-10)15(21)22/h3-8,11-12H,1-2H3,(H,21,22)/p-1/t11-,12-,16-,17+/m1/s1. The average Bonchev–Trinajstić information content (AvgIpc) is 3.04. The summed E-state index contributed by atoms with van der Waals surface area (Å²) in [6.07, 6.45) is 3.67. The second kappa shape index (κ2) is 4.08. The van der Waals surface area contributed by atoms with Gasteiger partial charge in [0.25, 0.3) is 0 Å². The van der Waals surface area contributed by atoms with E-state index in [0.717, 1.165) is 4.90 Å². The Hall–Kier alpha value is -2.47. The summed E-state index contributed by atoms with van der Waals surface area (Å²) in [6.45, 7) is 3.59. The monoisotopic (exact) mass is 312 g/mol. The van der Waals surface area contributed by atoms with Crippen molar-refractivity contribution in [3.8, 4) is 0 Å². The third-order valence-corrected chi connectivity index (χ3v) is 5.07. The van der Waals surface area contributed by atoms with Crippen LogP contribution in [0, 0.1) is 11.8 Å². The molecule has 118 valence electrons. The lowest BCUT2D eigenvalue weighted by atomic mass is 9.73. The number of hydrogen-bond acceptors (Lipinski definition) is 5. The lowest BCUT2D eigenvalue weighted by molar-refractivity contribution is -0.255. The quantitative estimate of drug-likeness (QED) is 0.578. The number of carboxylic acids is 1. The number of nitrogens with zero attached hydrogens (tertiary/aromatic N) is 1. The van der Waals surface area contributed by atoms with E-state index >= 15 is 0 Å². The Morgan fingerprint density at radius 1 is 1.13 bits per heavy atom. The average molecular weight is 312 g/mol. The van der Waals surface area contributed by atoms with E-state index in [0.29, 0.717) is 0 Å². The topological polar surface area (TPSA) is 86.7 Å². The van der Waals surface area contributed by atoms with Crippen LogP contribution < -0.4 is 10.0 Å². The molecule has 6 nitrogen and oxygen atoms in total. The number of anilines is 1. The molecule has 0 spiro atoms. The van der Waals surface area contributed by atoms with Gasteiger partial charge in [0.15, 0.2) is 0 Å². The lowest BCUT2D eigenvalue weighted by Gasteiger charge is -2.25. The number of imide groups is 1. The van der Waals surface area contributed by atoms with Crippen LogP contribution in [-0.4, -0.2) is 29.0 Å². The Kier molecular flexibility index (Phi) is 2.51. The predicted octanol–water partition coefficient (Wildman–Crippen LogP) is 0.273. The van der Waals surface area contributed by atoms with Crippen molar-refractivity contribution in [2.24, 2.45) is 11.8 Å². The molecule has 0 unspecified atom stereocenters. The molecule has 2 fully saturated rings. The maximum absolute atomic E-state index is 12.8. The molecule has 4 rings (SSSR count). The third-order valence-electron chi connectivity index (χ3n) is 5.07. The maximum Gasteiger partial charge on any atom is 0.241 e. The molecule has 0 N–H and O–H groups in total. The summed E-state index contributed by atoms with van der Waals surface area (Å²) in [5.41, 5.74) is -1.42. The van der Waals surface area contributed by atoms with Crippen LogP contribution in [-0.2, 0) is 14.3 Å². The normalized spacial score (nSPS) is 37.6. The summed E-state index contributed by atoms with van der Waals surface area (Å²) in [5.74, 6) is -3.24. The fourth-order valence-electron chi connectivity index (χ4n) is 4.06. The van der Waals surface area contributed by atoms with Crippen molar-refractivity contribution in [2.75, 3.05) is 4.90 Å². The number of amides is 2. The van der Waals surface area contributed by atoms with Crippen LogP contribution in [0.4, 0.5) is 5.69 Å². The first-order valence-electron chi connectivity index (χ1n) is 7.37. The van der Waals surface area contributed by atoms with Gasteiger partial charge in [-0.25, -0.2) is 4.90 Å². The van der Waals surface area contributed by atoms with Gasteiger partial charge < -0.3 is 14.6 Å². The summed E-state index contributed by atoms with van der Waals surface area (Å²) < 4.78 is 5.92. The molecule has 2 saturated heterocycles. The van der Waals surface area contributed by atoms with Crippen molar-refractivity contribution in [1.82, 2.24) is 0 Å². The molecule has 4 atom stereocenters. The van der Waals surface area contributed by atoms with E-state index in [1.165, 1.54) is 18.2 Å². The van der Waals surface area contributed by atoms with Gasteiger partial charge in [-0.1, -0.05) is 24.3 Å². The largest absolute Gasteiger partial charge is 0.545 e. The van der Waals surface area contributed by atoms with Gasteiger partial charge in [0, 0.05) is 0 Å². The van der Waals surface area contributed by atoms with Crippen molar-refractivity contribution in [3.63, 3.8) is 0 Å². The lowest BCUT2D eigenvalue weighted by Crippen LogP contribution is -2.39. The molecule has 0 aliphatic carbocycles. The van der Waals surface area contributed by atoms with E-state index in [4.69, 9.17) is 4.74 Å². The molecule has 2 amide bonds. The van der Waals surface area contributed by atoms with Crippen molar-refractivity contribution in [1.29, 1.82) is 0 Å². The first-order chi connectivity index (χ1) is 10.8. The zero-order valence-electron chi connectivity index (χ0n) is 12.6. The molecular formula is C17H14NO5-. The number of ether oxygens (including phenoxy) is 1. The summed E-state index contributed by atoms with van der Waals surface area (Å²) in [7, 11) is 0. The second-order valence-electron chi connectivity index (χ2n) is 6.61. The summed E-state index contributed by atoms with van der Waals surface area (Å²) in [4.78, 5) is 37.8. The Balaban J connectivity index is 1.79. The number of benzene rings is 1. The number of hydrogen-bond donors (Lipinski definition) is 0. The van der Waals surface area contributed by atoms with Crippen molar-refractivity contribution in [2.45, 2.75) is 25.0 Å². The molecule has 3 heterocycles. The van der Waals surface area contributed by atoms with Crippen LogP contribution >= 0.6 is 0 Å². The van der Waals surface area contributed by atoms with Gasteiger partial charge >= 0.3 is 0 Å². The molecule has 3 aliphatic rings. The molecule has 1 aromatic carbocycles. The Labute approximate surface area is 132 Å². The predicted molar refractivity (Wildman–Crippen MR) is 77.3 cm³/mol. The third kappa shape index (κ3) is 1.64. The molecule has 0 aromatic heterocycles. The molecule has 0 saturated carbocycles. The van der Waals surface area contributed by atoms with Crippen LogP contribution in [0.2, 0.25) is 0 Å². The Morgan fingerprint density at radius 2 is 1.70 bits per heavy atom. The number of aromatic carboxylic acids is 1. The Morgan fingerprint density at radius 3 is 2.22 bits per heavy atom. The van der Waals surface area contributed by atoms with Gasteiger partial charge in [0.05, 0.1) is 34.7 Å². The number of carbonyl (C=O) groups excluding carboxylic acids is 3. The van der Waals surface area contributed by atoms with Gasteiger partial charge in [0.2, 0.25) is 11.8 Å². The van der Waals surface area contributed by atoms with E-state index in [-0.39, 0.29) is 23.1 Å². The maximum atomic E-state index is 12.8. The minimum atomic E-state index is -1.35. The molecule has 6 heteroatoms. The highest BCUT2D eigenvalue weighted by molar-refractivity contribution is 6.23. The number of carboxylic acid groups (broad SMARTS) is 1. The number of fused-ring (bicyclic) bond motifs is 5. The summed E-state index contributed by atoms with van der Waals surface area (Å²) in [5, 5.41) is 11.0. The summed E-state index contributed by atoms with van der Waals surface area (Å²) >= 11 is 0. The van der Waals surface area contributed by atoms with Crippen molar-refractivity contribution in [3.05, 3.63) is 42.0 Å². The van der Waals surface area contributed by atoms with Crippen LogP contribution in [0.1, 0.15) is 24.2 Å². The van der Waals surface area contributed by atoms with Crippen LogP contribution in [0.25, 0.3) is 0 Å². The van der Waals surface area contributed by atoms with Gasteiger partial charge in [-0.05, 0) is 31.5 Å². The van der Waals surface area contributed by atoms with E-state index in [1.807, 2.05) is 12.2 Å². The van der Waals surface area contributed by atoms with Crippen LogP contribution in [0.15, 0.2) is 36.4 Å². The van der Waals surface area contributed by atoms with Gasteiger partial charge in [-0.15, -0.1) is 0 Å². The minimum Gasteiger partial charge on any atom is -0.545 e. The number of carbonyl (C=O) groups is 3. The van der Waals surface area contributed by atoms with Gasteiger partial charge in [-0.3, -0.25) is 9.59 Å². The second-order valence-corrected chi connectivity index (χ2v) is 6.61. The smallest absolute Gasteiger partial charge is 0.241 e. The van der Waals surface area contributed by atoms with Crippen molar-refractivity contribution < 1.29 is 24.2 Å². The first-order valence-corrected chi connectivity index (χ1v) is 7.37. The van der Waals surface area contributed by atoms with Crippen molar-refractivity contribution >= 4 is 23.5 Å². The van der Waals surface area contributed by atoms with E-state index < -0.39 is 29.0 Å². The zero-order chi connectivity index (χ0) is 16.6. The highest BCUT2D eigenvalue weighted by Crippen LogP contribution is 2.57. The van der Waals surface area contributed by atoms with E-state index in [1.54, 1.807) is 19.9 Å². The van der Waals surface area contributed by atoms with Crippen LogP contribution in [0.3, 0.4) is 0 Å². The number of rotatable bonds is 2. The minimum absolute atomic E-state index is 0.0741. The van der Waals surface area contributed by atoms with Gasteiger partial charge in [-0.2, -0.15) is 0 Å². The molecule has 0 radical (unpaired) electrons. The molecule has 23 heavy (non-hydrogen) atoms. The van der Waals surface area contributed by atoms with Crippen LogP contribution in [0.5, 0.6) is 0 Å². The molecule has 1 aromatic rings. The SMILES string of the molecule is C[C@]12C=C[C@](C)(O1)[C@H]1C(=O)N(c3cccc(C(=O)[O-])c3)C(=O)[C@@H]12. The summed E-state index contributed by atoms with van der Waals surface area (Å²) in [6, 6.07) is 5.68. The molecule has 2 bridgehead atoms. The molecular weight excluding hydrogens is 298 g/mol. The molecule has 3 aliphatic heterocycles. The van der Waals surface area contributed by atoms with Gasteiger partial charge in [0.1, 0.15) is 0 Å².